The smallest absolute Gasteiger partial charge is 0.274 e. The molecule has 0 spiro atoms. The second-order valence-electron chi connectivity index (χ2n) is 5.51. The first-order valence-electron chi connectivity index (χ1n) is 6.98. The lowest BCUT2D eigenvalue weighted by molar-refractivity contribution is -0.595. The molecule has 1 aliphatic heterocycles. The maximum absolute atomic E-state index is 12.9. The number of thiophene rings is 1. The van der Waals surface area contributed by atoms with E-state index in [2.05, 4.69) is 0 Å². The maximum Gasteiger partial charge on any atom is 0.274 e. The van der Waals surface area contributed by atoms with Crippen LogP contribution in [0.15, 0.2) is 41.8 Å². The minimum absolute atomic E-state index is 0.122. The van der Waals surface area contributed by atoms with Gasteiger partial charge < -0.3 is 10.4 Å². The fraction of sp³-hybridized carbons (Fsp3) is 0.267. The standard InChI is InChI=1S/C15H15N3O4S/c1-10-14(13-7-4-8-23-13)17(20)15(2,16(10)19)11-5-3-6-12(9-11)18(21)22/h3-10,19H,1-2H3/t10-,15+/m0/s1. The van der Waals surface area contributed by atoms with Crippen molar-refractivity contribution in [1.82, 2.24) is 5.06 Å². The van der Waals surface area contributed by atoms with E-state index in [0.29, 0.717) is 11.3 Å². The third kappa shape index (κ3) is 2.23. The van der Waals surface area contributed by atoms with E-state index in [1.165, 1.54) is 29.5 Å². The summed E-state index contributed by atoms with van der Waals surface area (Å²) in [6.45, 7) is 3.28. The van der Waals surface area contributed by atoms with Crippen LogP contribution in [-0.2, 0) is 5.66 Å². The zero-order chi connectivity index (χ0) is 16.8. The van der Waals surface area contributed by atoms with E-state index in [4.69, 9.17) is 0 Å². The van der Waals surface area contributed by atoms with Crippen LogP contribution in [0.1, 0.15) is 24.3 Å². The van der Waals surface area contributed by atoms with Crippen molar-refractivity contribution >= 4 is 22.7 Å². The van der Waals surface area contributed by atoms with E-state index in [1.54, 1.807) is 19.9 Å². The molecule has 0 radical (unpaired) electrons. The molecule has 2 aromatic rings. The lowest BCUT2D eigenvalue weighted by Gasteiger charge is -2.29. The van der Waals surface area contributed by atoms with Gasteiger partial charge in [-0.25, -0.2) is 0 Å². The number of benzene rings is 1. The molecule has 0 unspecified atom stereocenters. The van der Waals surface area contributed by atoms with Crippen LogP contribution in [0.3, 0.4) is 0 Å². The van der Waals surface area contributed by atoms with Gasteiger partial charge >= 0.3 is 0 Å². The molecule has 0 aliphatic carbocycles. The second kappa shape index (κ2) is 5.41. The Balaban J connectivity index is 2.17. The van der Waals surface area contributed by atoms with Crippen molar-refractivity contribution in [3.63, 3.8) is 0 Å². The maximum atomic E-state index is 12.9. The summed E-state index contributed by atoms with van der Waals surface area (Å²) in [5.41, 5.74) is -0.744. The third-order valence-corrected chi connectivity index (χ3v) is 5.09. The summed E-state index contributed by atoms with van der Waals surface area (Å²) < 4.78 is 0.739. The topological polar surface area (TPSA) is 92.7 Å². The summed E-state index contributed by atoms with van der Waals surface area (Å²) >= 11 is 1.41. The molecule has 3 rings (SSSR count). The van der Waals surface area contributed by atoms with Crippen LogP contribution < -0.4 is 0 Å². The van der Waals surface area contributed by atoms with E-state index in [0.717, 1.165) is 14.7 Å². The van der Waals surface area contributed by atoms with Gasteiger partial charge in [-0.05, 0) is 24.4 Å². The Morgan fingerprint density at radius 3 is 2.74 bits per heavy atom. The van der Waals surface area contributed by atoms with Gasteiger partial charge in [-0.3, -0.25) is 10.1 Å². The van der Waals surface area contributed by atoms with Crippen molar-refractivity contribution in [2.24, 2.45) is 0 Å². The van der Waals surface area contributed by atoms with Gasteiger partial charge in [-0.1, -0.05) is 12.1 Å². The molecular weight excluding hydrogens is 318 g/mol. The molecule has 23 heavy (non-hydrogen) atoms. The predicted molar refractivity (Wildman–Crippen MR) is 85.6 cm³/mol. The molecule has 1 aromatic heterocycles. The van der Waals surface area contributed by atoms with Crippen molar-refractivity contribution in [2.45, 2.75) is 25.6 Å². The first-order chi connectivity index (χ1) is 10.9. The molecule has 2 atom stereocenters. The average molecular weight is 333 g/mol. The predicted octanol–water partition coefficient (Wildman–Crippen LogP) is 2.92. The highest BCUT2D eigenvalue weighted by molar-refractivity contribution is 7.12. The van der Waals surface area contributed by atoms with Gasteiger partial charge in [0.2, 0.25) is 5.71 Å². The SMILES string of the molecule is C[C@H]1C(c2cccs2)=[N+]([O-])[C@](C)(c2cccc([N+](=O)[O-])c2)N1O. The number of rotatable bonds is 3. The van der Waals surface area contributed by atoms with Crippen LogP contribution in [0.25, 0.3) is 0 Å². The Hall–Kier alpha value is -2.29. The Bertz CT molecular complexity index is 790. The van der Waals surface area contributed by atoms with E-state index in [9.17, 15) is 20.5 Å². The molecule has 120 valence electrons. The van der Waals surface area contributed by atoms with E-state index in [-0.39, 0.29) is 5.69 Å². The largest absolute Gasteiger partial charge is 0.622 e. The van der Waals surface area contributed by atoms with Gasteiger partial charge in [0.25, 0.3) is 11.4 Å². The average Bonchev–Trinajstić information content (AvgIpc) is 3.12. The molecule has 0 amide bonds. The number of non-ortho nitro benzene ring substituents is 1. The Morgan fingerprint density at radius 1 is 1.39 bits per heavy atom. The van der Waals surface area contributed by atoms with Crippen LogP contribution in [0.2, 0.25) is 0 Å². The highest BCUT2D eigenvalue weighted by Crippen LogP contribution is 2.38. The number of nitro benzene ring substituents is 1. The molecule has 0 saturated carbocycles. The highest BCUT2D eigenvalue weighted by atomic mass is 32.1. The second-order valence-corrected chi connectivity index (χ2v) is 6.45. The van der Waals surface area contributed by atoms with Crippen molar-refractivity contribution in [1.29, 1.82) is 0 Å². The van der Waals surface area contributed by atoms with Gasteiger partial charge in [0.1, 0.15) is 6.04 Å². The number of hydroxylamine groups is 3. The van der Waals surface area contributed by atoms with E-state index >= 15 is 0 Å². The number of nitro groups is 1. The summed E-state index contributed by atoms with van der Waals surface area (Å²) in [5, 5.41) is 37.3. The third-order valence-electron chi connectivity index (χ3n) is 4.20. The fourth-order valence-corrected chi connectivity index (χ4v) is 3.72. The lowest BCUT2D eigenvalue weighted by atomic mass is 10.0. The van der Waals surface area contributed by atoms with Gasteiger partial charge in [0, 0.05) is 24.6 Å². The molecule has 2 heterocycles. The lowest BCUT2D eigenvalue weighted by Crippen LogP contribution is -2.45. The van der Waals surface area contributed by atoms with Gasteiger partial charge in [0.15, 0.2) is 0 Å². The molecule has 0 fully saturated rings. The van der Waals surface area contributed by atoms with Crippen LogP contribution >= 0.6 is 11.3 Å². The van der Waals surface area contributed by atoms with Crippen molar-refractivity contribution in [3.05, 3.63) is 67.5 Å². The highest BCUT2D eigenvalue weighted by Gasteiger charge is 2.54. The van der Waals surface area contributed by atoms with Crippen LogP contribution in [0.4, 0.5) is 5.69 Å². The minimum Gasteiger partial charge on any atom is -0.622 e. The quantitative estimate of drug-likeness (QED) is 0.403. The first kappa shape index (κ1) is 15.6. The van der Waals surface area contributed by atoms with Crippen molar-refractivity contribution < 1.29 is 14.9 Å². The Labute approximate surface area is 136 Å². The molecule has 7 nitrogen and oxygen atoms in total. The van der Waals surface area contributed by atoms with Gasteiger partial charge in [-0.15, -0.1) is 16.4 Å². The van der Waals surface area contributed by atoms with E-state index < -0.39 is 16.6 Å². The zero-order valence-electron chi connectivity index (χ0n) is 12.5. The number of nitrogens with zero attached hydrogens (tertiary/aromatic N) is 3. The first-order valence-corrected chi connectivity index (χ1v) is 7.86. The minimum atomic E-state index is -1.43. The number of hydrogen-bond donors (Lipinski definition) is 1. The van der Waals surface area contributed by atoms with Crippen molar-refractivity contribution in [3.8, 4) is 0 Å². The van der Waals surface area contributed by atoms with Crippen LogP contribution in [0.5, 0.6) is 0 Å². The van der Waals surface area contributed by atoms with E-state index in [1.807, 2.05) is 17.5 Å². The van der Waals surface area contributed by atoms with Crippen LogP contribution in [0, 0.1) is 15.3 Å². The summed E-state index contributed by atoms with van der Waals surface area (Å²) in [6.07, 6.45) is 0. The molecule has 8 heteroatoms. The van der Waals surface area contributed by atoms with Crippen LogP contribution in [-0.4, -0.2) is 31.7 Å². The summed E-state index contributed by atoms with van der Waals surface area (Å²) in [5.74, 6) is 0. The Kier molecular flexibility index (Phi) is 3.67. The normalized spacial score (nSPS) is 25.1. The molecule has 1 aliphatic rings. The molecule has 0 saturated heterocycles. The monoisotopic (exact) mass is 333 g/mol. The van der Waals surface area contributed by atoms with Crippen molar-refractivity contribution in [2.75, 3.05) is 0 Å². The summed E-state index contributed by atoms with van der Waals surface area (Å²) in [6, 6.07) is 8.89. The molecule has 1 aromatic carbocycles. The summed E-state index contributed by atoms with van der Waals surface area (Å²) in [4.78, 5) is 11.2. The molecular formula is C15H15N3O4S. The fourth-order valence-electron chi connectivity index (χ4n) is 2.88. The summed E-state index contributed by atoms with van der Waals surface area (Å²) in [7, 11) is 0. The molecule has 1 N–H and O–H groups in total. The Morgan fingerprint density at radius 2 is 2.13 bits per heavy atom. The molecule has 0 bridgehead atoms. The van der Waals surface area contributed by atoms with Gasteiger partial charge in [-0.2, -0.15) is 4.74 Å². The van der Waals surface area contributed by atoms with Gasteiger partial charge in [0.05, 0.1) is 9.80 Å². The number of hydrogen-bond acceptors (Lipinski definition) is 6. The zero-order valence-corrected chi connectivity index (χ0v) is 13.4.